The fourth-order valence-electron chi connectivity index (χ4n) is 2.84. The van der Waals surface area contributed by atoms with E-state index in [1.165, 1.54) is 22.5 Å². The molecule has 5 nitrogen and oxygen atoms in total. The van der Waals surface area contributed by atoms with Crippen LogP contribution in [0.4, 0.5) is 0 Å². The van der Waals surface area contributed by atoms with Crippen molar-refractivity contribution in [2.45, 2.75) is 18.2 Å². The number of carbonyl (C=O) groups is 1. The minimum Gasteiger partial charge on any atom is -0.340 e. The summed E-state index contributed by atoms with van der Waals surface area (Å²) in [6.07, 6.45) is 0.945. The average Bonchev–Trinajstić information content (AvgIpc) is 3.26. The van der Waals surface area contributed by atoms with Crippen LogP contribution in [0.25, 0.3) is 0 Å². The summed E-state index contributed by atoms with van der Waals surface area (Å²) in [5, 5.41) is 0.531. The summed E-state index contributed by atoms with van der Waals surface area (Å²) in [7, 11) is -3.61. The molecule has 2 aliphatic rings. The van der Waals surface area contributed by atoms with Gasteiger partial charge in [-0.15, -0.1) is 0 Å². The van der Waals surface area contributed by atoms with Crippen molar-refractivity contribution in [1.29, 1.82) is 0 Å². The normalized spacial score (nSPS) is 25.4. The van der Waals surface area contributed by atoms with Gasteiger partial charge in [0.05, 0.1) is 14.9 Å². The zero-order chi connectivity index (χ0) is 16.8. The predicted octanol–water partition coefficient (Wildman–Crippen LogP) is 2.48. The molecule has 2 fully saturated rings. The highest BCUT2D eigenvalue weighted by molar-refractivity contribution is 7.89. The molecule has 0 aromatic heterocycles. The molecule has 1 amide bonds. The smallest absolute Gasteiger partial charge is 0.243 e. The third-order valence-electron chi connectivity index (χ3n) is 4.51. The molecule has 0 bridgehead atoms. The van der Waals surface area contributed by atoms with Gasteiger partial charge in [-0.05, 0) is 30.5 Å². The van der Waals surface area contributed by atoms with E-state index in [9.17, 15) is 13.2 Å². The zero-order valence-electron chi connectivity index (χ0n) is 12.7. The minimum absolute atomic E-state index is 0.127. The lowest BCUT2D eigenvalue weighted by Crippen LogP contribution is -2.51. The molecule has 0 radical (unpaired) electrons. The highest BCUT2D eigenvalue weighted by Crippen LogP contribution is 2.39. The number of sulfonamides is 1. The molecule has 1 aromatic carbocycles. The van der Waals surface area contributed by atoms with Gasteiger partial charge in [0.1, 0.15) is 0 Å². The van der Waals surface area contributed by atoms with Gasteiger partial charge >= 0.3 is 0 Å². The molecule has 0 N–H and O–H groups in total. The lowest BCUT2D eigenvalue weighted by Gasteiger charge is -2.34. The van der Waals surface area contributed by atoms with Crippen LogP contribution in [0.1, 0.15) is 13.3 Å². The van der Waals surface area contributed by atoms with Crippen LogP contribution in [0.5, 0.6) is 0 Å². The Hall–Kier alpha value is -0.820. The SMILES string of the molecule is CC1CC1C(=O)N1CCN(S(=O)(=O)c2ccc(Cl)c(Cl)c2)CC1. The van der Waals surface area contributed by atoms with Crippen LogP contribution in [0.3, 0.4) is 0 Å². The molecule has 3 rings (SSSR count). The van der Waals surface area contributed by atoms with E-state index in [4.69, 9.17) is 23.2 Å². The molecule has 23 heavy (non-hydrogen) atoms. The van der Waals surface area contributed by atoms with E-state index in [1.54, 1.807) is 4.90 Å². The van der Waals surface area contributed by atoms with Gasteiger partial charge < -0.3 is 4.90 Å². The number of hydrogen-bond acceptors (Lipinski definition) is 3. The van der Waals surface area contributed by atoms with Gasteiger partial charge in [-0.25, -0.2) is 8.42 Å². The third kappa shape index (κ3) is 3.36. The highest BCUT2D eigenvalue weighted by Gasteiger charge is 2.42. The Bertz CT molecular complexity index is 730. The molecule has 1 heterocycles. The van der Waals surface area contributed by atoms with Gasteiger partial charge in [0.25, 0.3) is 0 Å². The zero-order valence-corrected chi connectivity index (χ0v) is 15.0. The van der Waals surface area contributed by atoms with E-state index in [0.717, 1.165) is 6.42 Å². The maximum absolute atomic E-state index is 12.6. The molecule has 1 saturated carbocycles. The summed E-state index contributed by atoms with van der Waals surface area (Å²) in [6.45, 7) is 3.53. The molecule has 1 aliphatic carbocycles. The Morgan fingerprint density at radius 1 is 1.13 bits per heavy atom. The van der Waals surface area contributed by atoms with Crippen LogP contribution in [-0.4, -0.2) is 49.7 Å². The summed E-state index contributed by atoms with van der Waals surface area (Å²) in [5.41, 5.74) is 0. The Labute approximate surface area is 146 Å². The Balaban J connectivity index is 1.68. The van der Waals surface area contributed by atoms with Crippen molar-refractivity contribution in [3.8, 4) is 0 Å². The molecule has 1 aromatic rings. The number of benzene rings is 1. The van der Waals surface area contributed by atoms with E-state index in [0.29, 0.717) is 37.1 Å². The molecule has 1 aliphatic heterocycles. The van der Waals surface area contributed by atoms with Crippen LogP contribution in [0.15, 0.2) is 23.1 Å². The minimum atomic E-state index is -3.61. The summed E-state index contributed by atoms with van der Waals surface area (Å²) >= 11 is 11.7. The monoisotopic (exact) mass is 376 g/mol. The molecule has 2 unspecified atom stereocenters. The van der Waals surface area contributed by atoms with Gasteiger partial charge in [0, 0.05) is 32.1 Å². The molecule has 1 saturated heterocycles. The number of nitrogens with zero attached hydrogens (tertiary/aromatic N) is 2. The maximum atomic E-state index is 12.6. The number of amides is 1. The van der Waals surface area contributed by atoms with E-state index in [-0.39, 0.29) is 21.7 Å². The fourth-order valence-corrected chi connectivity index (χ4v) is 4.65. The van der Waals surface area contributed by atoms with Crippen LogP contribution < -0.4 is 0 Å². The summed E-state index contributed by atoms with van der Waals surface area (Å²) in [4.78, 5) is 14.1. The van der Waals surface area contributed by atoms with Crippen molar-refractivity contribution < 1.29 is 13.2 Å². The number of piperazine rings is 1. The van der Waals surface area contributed by atoms with Gasteiger partial charge in [-0.1, -0.05) is 30.1 Å². The maximum Gasteiger partial charge on any atom is 0.243 e. The molecule has 8 heteroatoms. The second-order valence-electron chi connectivity index (χ2n) is 6.12. The van der Waals surface area contributed by atoms with Crippen molar-refractivity contribution in [2.75, 3.05) is 26.2 Å². The Kier molecular flexibility index (Phi) is 4.62. The summed E-state index contributed by atoms with van der Waals surface area (Å²) < 4.78 is 26.7. The van der Waals surface area contributed by atoms with Crippen molar-refractivity contribution in [3.05, 3.63) is 28.2 Å². The van der Waals surface area contributed by atoms with E-state index in [2.05, 4.69) is 6.92 Å². The second-order valence-corrected chi connectivity index (χ2v) is 8.88. The van der Waals surface area contributed by atoms with Crippen LogP contribution >= 0.6 is 23.2 Å². The fraction of sp³-hybridized carbons (Fsp3) is 0.533. The predicted molar refractivity (Wildman–Crippen MR) is 89.1 cm³/mol. The van der Waals surface area contributed by atoms with Gasteiger partial charge in [0.15, 0.2) is 0 Å². The molecule has 2 atom stereocenters. The van der Waals surface area contributed by atoms with Crippen LogP contribution in [-0.2, 0) is 14.8 Å². The molecule has 0 spiro atoms. The third-order valence-corrected chi connectivity index (χ3v) is 7.14. The first-order valence-electron chi connectivity index (χ1n) is 7.54. The summed E-state index contributed by atoms with van der Waals surface area (Å²) in [6, 6.07) is 4.29. The number of rotatable bonds is 3. The van der Waals surface area contributed by atoms with Gasteiger partial charge in [-0.3, -0.25) is 4.79 Å². The second kappa shape index (κ2) is 6.24. The number of hydrogen-bond donors (Lipinski definition) is 0. The van der Waals surface area contributed by atoms with Crippen LogP contribution in [0, 0.1) is 11.8 Å². The van der Waals surface area contributed by atoms with E-state index >= 15 is 0 Å². The average molecular weight is 377 g/mol. The van der Waals surface area contributed by atoms with Gasteiger partial charge in [-0.2, -0.15) is 4.31 Å². The van der Waals surface area contributed by atoms with Crippen molar-refractivity contribution in [3.63, 3.8) is 0 Å². The quantitative estimate of drug-likeness (QED) is 0.813. The van der Waals surface area contributed by atoms with Crippen molar-refractivity contribution in [2.24, 2.45) is 11.8 Å². The molecular formula is C15H18Cl2N2O3S. The molecule has 126 valence electrons. The lowest BCUT2D eigenvalue weighted by molar-refractivity contribution is -0.134. The lowest BCUT2D eigenvalue weighted by atomic mass is 10.2. The van der Waals surface area contributed by atoms with Gasteiger partial charge in [0.2, 0.25) is 15.9 Å². The first kappa shape index (κ1) is 17.0. The van der Waals surface area contributed by atoms with Crippen LogP contribution in [0.2, 0.25) is 10.0 Å². The first-order chi connectivity index (χ1) is 10.8. The summed E-state index contributed by atoms with van der Waals surface area (Å²) in [5.74, 6) is 0.748. The van der Waals surface area contributed by atoms with E-state index < -0.39 is 10.0 Å². The number of halogens is 2. The molecular weight excluding hydrogens is 359 g/mol. The Morgan fingerprint density at radius 2 is 1.74 bits per heavy atom. The largest absolute Gasteiger partial charge is 0.340 e. The number of carbonyl (C=O) groups excluding carboxylic acids is 1. The topological polar surface area (TPSA) is 57.7 Å². The van der Waals surface area contributed by atoms with Crippen molar-refractivity contribution in [1.82, 2.24) is 9.21 Å². The Morgan fingerprint density at radius 3 is 2.26 bits per heavy atom. The van der Waals surface area contributed by atoms with Crippen molar-refractivity contribution >= 4 is 39.1 Å². The standard InChI is InChI=1S/C15H18Cl2N2O3S/c1-10-8-12(10)15(20)18-4-6-19(7-5-18)23(21,22)11-2-3-13(16)14(17)9-11/h2-3,9-10,12H,4-8H2,1H3. The van der Waals surface area contributed by atoms with E-state index in [1.807, 2.05) is 0 Å². The highest BCUT2D eigenvalue weighted by atomic mass is 35.5. The first-order valence-corrected chi connectivity index (χ1v) is 9.74.